The Morgan fingerprint density at radius 1 is 0.919 bits per heavy atom. The molecule has 1 aliphatic carbocycles. The van der Waals surface area contributed by atoms with E-state index in [2.05, 4.69) is 0 Å². The maximum atomic E-state index is 14.3. The van der Waals surface area contributed by atoms with Crippen molar-refractivity contribution < 1.29 is 27.6 Å². The number of aryl methyl sites for hydroxylation is 1. The van der Waals surface area contributed by atoms with Gasteiger partial charge in [0.25, 0.3) is 0 Å². The van der Waals surface area contributed by atoms with Crippen LogP contribution in [0.2, 0.25) is 0 Å². The first-order valence-corrected chi connectivity index (χ1v) is 12.0. The molecule has 1 spiro atoms. The number of rotatable bonds is 2. The minimum atomic E-state index is -4.54. The number of hydrogen-bond donors (Lipinski definition) is 0. The van der Waals surface area contributed by atoms with E-state index in [1.54, 1.807) is 30.3 Å². The first-order chi connectivity index (χ1) is 17.6. The van der Waals surface area contributed by atoms with Gasteiger partial charge in [-0.2, -0.15) is 13.2 Å². The van der Waals surface area contributed by atoms with Gasteiger partial charge < -0.3 is 4.90 Å². The number of alkyl halides is 3. The van der Waals surface area contributed by atoms with Gasteiger partial charge in [0.1, 0.15) is 5.41 Å². The zero-order chi connectivity index (χ0) is 26.3. The van der Waals surface area contributed by atoms with Crippen molar-refractivity contribution in [2.45, 2.75) is 38.0 Å². The minimum Gasteiger partial charge on any atom is -0.352 e. The van der Waals surface area contributed by atoms with Crippen LogP contribution in [0.5, 0.6) is 0 Å². The summed E-state index contributed by atoms with van der Waals surface area (Å²) in [6, 6.07) is 15.1. The molecule has 37 heavy (non-hydrogen) atoms. The van der Waals surface area contributed by atoms with Crippen molar-refractivity contribution >= 4 is 29.1 Å². The fourth-order valence-electron chi connectivity index (χ4n) is 6.48. The minimum absolute atomic E-state index is 0.272. The number of benzene rings is 3. The van der Waals surface area contributed by atoms with Crippen LogP contribution in [-0.2, 0) is 11.0 Å². The molecule has 3 atom stereocenters. The molecule has 0 unspecified atom stereocenters. The van der Waals surface area contributed by atoms with Crippen LogP contribution in [0.1, 0.15) is 55.8 Å². The number of carbonyl (C=O) groups is 3. The number of hydrogen-bond acceptors (Lipinski definition) is 4. The van der Waals surface area contributed by atoms with Gasteiger partial charge in [0, 0.05) is 22.7 Å². The number of nitrogens with zero attached hydrogens (tertiary/aromatic N) is 1. The summed E-state index contributed by atoms with van der Waals surface area (Å²) in [6.45, 7) is 3.32. The van der Waals surface area contributed by atoms with Gasteiger partial charge in [-0.1, -0.05) is 60.7 Å². The highest BCUT2D eigenvalue weighted by Gasteiger charge is 2.71. The third kappa shape index (κ3) is 3.06. The number of ketones is 3. The lowest BCUT2D eigenvalue weighted by atomic mass is 9.64. The molecule has 1 fully saturated rings. The fraction of sp³-hybridized carbons (Fsp3) is 0.233. The van der Waals surface area contributed by atoms with Crippen LogP contribution in [-0.4, -0.2) is 29.4 Å². The van der Waals surface area contributed by atoms with E-state index in [0.29, 0.717) is 5.56 Å². The summed E-state index contributed by atoms with van der Waals surface area (Å²) >= 11 is 0. The molecule has 0 amide bonds. The van der Waals surface area contributed by atoms with Crippen molar-refractivity contribution in [2.24, 2.45) is 5.41 Å². The predicted molar refractivity (Wildman–Crippen MR) is 133 cm³/mol. The molecule has 2 heterocycles. The molecule has 0 saturated carbocycles. The topological polar surface area (TPSA) is 54.5 Å². The van der Waals surface area contributed by atoms with Crippen LogP contribution in [0.4, 0.5) is 18.9 Å². The summed E-state index contributed by atoms with van der Waals surface area (Å²) in [5.41, 5.74) is 0.860. The van der Waals surface area contributed by atoms with Gasteiger partial charge in [0.05, 0.1) is 17.6 Å². The normalized spacial score (nSPS) is 23.3. The molecule has 0 radical (unpaired) electrons. The standard InChI is InChI=1S/C30H22F3NO3/c1-16-7-8-18-11-14-24-29(27(36)21-5-3-4-6-22(21)28(29)37)25(26(17(2)35)34(24)23(18)15-16)19-9-12-20(13-10-19)30(31,32)33/h3-15,24-26H,1-2H3/t24-,25-,26-/m0/s1. The highest BCUT2D eigenvalue weighted by molar-refractivity contribution is 6.32. The summed E-state index contributed by atoms with van der Waals surface area (Å²) in [7, 11) is 0. The van der Waals surface area contributed by atoms with Gasteiger partial charge in [-0.3, -0.25) is 14.4 Å². The van der Waals surface area contributed by atoms with Crippen molar-refractivity contribution in [2.75, 3.05) is 4.90 Å². The molecule has 0 bridgehead atoms. The molecule has 6 rings (SSSR count). The average Bonchev–Trinajstić information content (AvgIpc) is 3.30. The van der Waals surface area contributed by atoms with E-state index < -0.39 is 46.7 Å². The van der Waals surface area contributed by atoms with Crippen molar-refractivity contribution in [1.29, 1.82) is 0 Å². The second-order valence-electron chi connectivity index (χ2n) is 10.00. The Balaban J connectivity index is 1.65. The largest absolute Gasteiger partial charge is 0.416 e. The van der Waals surface area contributed by atoms with Gasteiger partial charge in [0.2, 0.25) is 0 Å². The summed E-state index contributed by atoms with van der Waals surface area (Å²) in [5, 5.41) is 0. The maximum Gasteiger partial charge on any atom is 0.416 e. The molecular weight excluding hydrogens is 479 g/mol. The van der Waals surface area contributed by atoms with Crippen LogP contribution in [0.25, 0.3) is 6.08 Å². The van der Waals surface area contributed by atoms with Crippen LogP contribution in [0, 0.1) is 12.3 Å². The molecular formula is C30H22F3NO3. The van der Waals surface area contributed by atoms with Crippen LogP contribution < -0.4 is 4.90 Å². The van der Waals surface area contributed by atoms with Crippen LogP contribution >= 0.6 is 0 Å². The molecule has 3 aliphatic rings. The quantitative estimate of drug-likeness (QED) is 0.402. The van der Waals surface area contributed by atoms with Crippen molar-refractivity contribution in [3.8, 4) is 0 Å². The van der Waals surface area contributed by atoms with Crippen molar-refractivity contribution in [3.63, 3.8) is 0 Å². The van der Waals surface area contributed by atoms with Crippen LogP contribution in [0.15, 0.2) is 72.8 Å². The highest BCUT2D eigenvalue weighted by atomic mass is 19.4. The lowest BCUT2D eigenvalue weighted by Crippen LogP contribution is -2.48. The van der Waals surface area contributed by atoms with E-state index in [1.165, 1.54) is 19.1 Å². The molecule has 3 aromatic carbocycles. The number of Topliss-reactive ketones (excluding diaryl/α,β-unsaturated/α-hetero) is 3. The lowest BCUT2D eigenvalue weighted by Gasteiger charge is -2.37. The third-order valence-electron chi connectivity index (χ3n) is 7.98. The number of carbonyl (C=O) groups excluding carboxylic acids is 3. The Labute approximate surface area is 211 Å². The highest BCUT2D eigenvalue weighted by Crippen LogP contribution is 2.60. The van der Waals surface area contributed by atoms with Crippen molar-refractivity contribution in [1.82, 2.24) is 0 Å². The van der Waals surface area contributed by atoms with E-state index in [1.807, 2.05) is 36.1 Å². The predicted octanol–water partition coefficient (Wildman–Crippen LogP) is 6.04. The van der Waals surface area contributed by atoms with E-state index >= 15 is 0 Å². The second-order valence-corrected chi connectivity index (χ2v) is 10.00. The van der Waals surface area contributed by atoms with E-state index in [-0.39, 0.29) is 16.9 Å². The first-order valence-electron chi connectivity index (χ1n) is 12.0. The molecule has 0 N–H and O–H groups in total. The Morgan fingerprint density at radius 3 is 2.11 bits per heavy atom. The van der Waals surface area contributed by atoms with Gasteiger partial charge in [0.15, 0.2) is 17.3 Å². The van der Waals surface area contributed by atoms with E-state index in [9.17, 15) is 27.6 Å². The van der Waals surface area contributed by atoms with Gasteiger partial charge in [-0.25, -0.2) is 0 Å². The lowest BCUT2D eigenvalue weighted by molar-refractivity contribution is -0.137. The van der Waals surface area contributed by atoms with Crippen molar-refractivity contribution in [3.05, 3.63) is 106 Å². The molecule has 0 aromatic heterocycles. The number of anilines is 1. The molecule has 7 heteroatoms. The summed E-state index contributed by atoms with van der Waals surface area (Å²) in [6.07, 6.45) is -0.898. The third-order valence-corrected chi connectivity index (χ3v) is 7.98. The summed E-state index contributed by atoms with van der Waals surface area (Å²) < 4.78 is 40.1. The van der Waals surface area contributed by atoms with E-state index in [4.69, 9.17) is 0 Å². The second kappa shape index (κ2) is 7.75. The molecule has 1 saturated heterocycles. The molecule has 3 aromatic rings. The van der Waals surface area contributed by atoms with Gasteiger partial charge in [-0.15, -0.1) is 0 Å². The SMILES string of the molecule is CC(=O)[C@H]1[C@H](c2ccc(C(F)(F)F)cc2)C2(C(=O)c3ccccc3C2=O)[C@@H]2C=Cc3ccc(C)cc3N21. The Hall–Kier alpha value is -4.00. The monoisotopic (exact) mass is 501 g/mol. The number of fused-ring (bicyclic) bond motifs is 5. The van der Waals surface area contributed by atoms with Gasteiger partial charge in [-0.05, 0) is 48.7 Å². The molecule has 186 valence electrons. The maximum absolute atomic E-state index is 14.3. The first kappa shape index (κ1) is 23.4. The fourth-order valence-corrected chi connectivity index (χ4v) is 6.48. The molecule has 2 aliphatic heterocycles. The Morgan fingerprint density at radius 2 is 1.54 bits per heavy atom. The zero-order valence-electron chi connectivity index (χ0n) is 20.0. The summed E-state index contributed by atoms with van der Waals surface area (Å²) in [4.78, 5) is 43.7. The van der Waals surface area contributed by atoms with Gasteiger partial charge >= 0.3 is 6.18 Å². The average molecular weight is 502 g/mol. The van der Waals surface area contributed by atoms with E-state index in [0.717, 1.165) is 28.9 Å². The smallest absolute Gasteiger partial charge is 0.352 e. The zero-order valence-corrected chi connectivity index (χ0v) is 20.0. The summed E-state index contributed by atoms with van der Waals surface area (Å²) in [5.74, 6) is -2.07. The Kier molecular flexibility index (Phi) is 4.90. The Bertz CT molecular complexity index is 1480. The van der Waals surface area contributed by atoms with Crippen LogP contribution in [0.3, 0.4) is 0 Å². The molecule has 4 nitrogen and oxygen atoms in total. The number of halogens is 3.